The van der Waals surface area contributed by atoms with Crippen LogP contribution in [-0.4, -0.2) is 22.0 Å². The Kier molecular flexibility index (Phi) is 5.47. The second-order valence-corrected chi connectivity index (χ2v) is 3.71. The van der Waals surface area contributed by atoms with Crippen LogP contribution < -0.4 is 57.0 Å². The fourth-order valence-electron chi connectivity index (χ4n) is 1.38. The van der Waals surface area contributed by atoms with Crippen molar-refractivity contribution in [2.75, 3.05) is 0 Å². The zero-order chi connectivity index (χ0) is 14.3. The first-order valence-corrected chi connectivity index (χ1v) is 4.98. The molecule has 0 fully saturated rings. The molecule has 0 unspecified atom stereocenters. The van der Waals surface area contributed by atoms with Crippen molar-refractivity contribution in [3.8, 4) is 5.69 Å². The van der Waals surface area contributed by atoms with Crippen molar-refractivity contribution in [2.24, 2.45) is 0 Å². The molecule has 0 aliphatic rings. The summed E-state index contributed by atoms with van der Waals surface area (Å²) in [7, 11) is 0. The van der Waals surface area contributed by atoms with E-state index >= 15 is 0 Å². The van der Waals surface area contributed by atoms with Crippen LogP contribution in [0.25, 0.3) is 5.69 Å². The minimum Gasteiger partial charge on any atom is -0.444 e. The van der Waals surface area contributed by atoms with Crippen LogP contribution in [-0.2, 0) is 6.18 Å². The van der Waals surface area contributed by atoms with Crippen molar-refractivity contribution >= 4 is 12.6 Å². The average Bonchev–Trinajstić information content (AvgIpc) is 2.77. The van der Waals surface area contributed by atoms with E-state index in [1.54, 1.807) is 0 Å². The summed E-state index contributed by atoms with van der Waals surface area (Å²) in [6.45, 7) is -5.33. The molecule has 0 bridgehead atoms. The van der Waals surface area contributed by atoms with Gasteiger partial charge in [-0.1, -0.05) is 11.3 Å². The molecule has 0 amide bonds. The summed E-state index contributed by atoms with van der Waals surface area (Å²) < 4.78 is 75.1. The Hall–Kier alpha value is -0.359. The topological polar surface area (TPSA) is 30.7 Å². The Labute approximate surface area is 151 Å². The zero-order valence-electron chi connectivity index (χ0n) is 10.1. The maximum Gasteiger partial charge on any atom is 1.00 e. The van der Waals surface area contributed by atoms with E-state index in [2.05, 4.69) is 10.3 Å². The molecule has 0 spiro atoms. The SMILES string of the molecule is F[B-](F)(F)c1cn(-c2cccc(C(F)(F)F)c2)nn1.[K+]. The van der Waals surface area contributed by atoms with Gasteiger partial charge in [0.05, 0.1) is 11.3 Å². The summed E-state index contributed by atoms with van der Waals surface area (Å²) >= 11 is 0. The first-order chi connectivity index (χ1) is 8.68. The molecule has 0 aliphatic carbocycles. The standard InChI is InChI=1S/C9H5BF6N3.K/c11-9(12,13)6-2-1-3-7(4-6)19-5-8(17-18-19)10(14,15)16;/h1-5H;/q-1;+1. The maximum absolute atomic E-state index is 12.5. The smallest absolute Gasteiger partial charge is 0.444 e. The van der Waals surface area contributed by atoms with E-state index in [1.807, 2.05) is 0 Å². The second kappa shape index (κ2) is 6.18. The van der Waals surface area contributed by atoms with Gasteiger partial charge in [-0.05, 0) is 18.2 Å². The molecule has 0 saturated carbocycles. The summed E-state index contributed by atoms with van der Waals surface area (Å²) in [5.41, 5.74) is -2.33. The Balaban J connectivity index is 0.00000200. The van der Waals surface area contributed by atoms with Crippen molar-refractivity contribution in [3.63, 3.8) is 0 Å². The van der Waals surface area contributed by atoms with Crippen LogP contribution in [0.15, 0.2) is 30.5 Å². The van der Waals surface area contributed by atoms with Gasteiger partial charge in [0, 0.05) is 11.8 Å². The predicted octanol–water partition coefficient (Wildman–Crippen LogP) is -0.656. The normalized spacial score (nSPS) is 12.1. The van der Waals surface area contributed by atoms with E-state index in [0.29, 0.717) is 16.9 Å². The molecule has 0 N–H and O–H groups in total. The number of aromatic nitrogens is 3. The van der Waals surface area contributed by atoms with Gasteiger partial charge in [-0.25, -0.2) is 4.68 Å². The summed E-state index contributed by atoms with van der Waals surface area (Å²) in [6.07, 6.45) is -4.02. The van der Waals surface area contributed by atoms with Crippen LogP contribution in [0.1, 0.15) is 5.56 Å². The van der Waals surface area contributed by atoms with Gasteiger partial charge >= 0.3 is 64.5 Å². The molecule has 1 heterocycles. The Morgan fingerprint density at radius 2 is 1.75 bits per heavy atom. The van der Waals surface area contributed by atoms with Crippen molar-refractivity contribution in [2.45, 2.75) is 6.18 Å². The van der Waals surface area contributed by atoms with Gasteiger partial charge in [0.1, 0.15) is 0 Å². The van der Waals surface area contributed by atoms with Crippen molar-refractivity contribution in [3.05, 3.63) is 36.0 Å². The molecule has 20 heavy (non-hydrogen) atoms. The monoisotopic (exact) mass is 319 g/mol. The molecular formula is C9H5BF6KN3. The van der Waals surface area contributed by atoms with Gasteiger partial charge in [0.25, 0.3) is 0 Å². The van der Waals surface area contributed by atoms with Crippen LogP contribution in [0, 0.1) is 0 Å². The van der Waals surface area contributed by atoms with Gasteiger partial charge in [-0.3, -0.25) is 0 Å². The molecule has 102 valence electrons. The van der Waals surface area contributed by atoms with Gasteiger partial charge in [0.15, 0.2) is 0 Å². The third kappa shape index (κ3) is 4.07. The zero-order valence-corrected chi connectivity index (χ0v) is 13.2. The van der Waals surface area contributed by atoms with Crippen LogP contribution in [0.2, 0.25) is 0 Å². The van der Waals surface area contributed by atoms with E-state index < -0.39 is 24.3 Å². The van der Waals surface area contributed by atoms with Gasteiger partial charge in [-0.2, -0.15) is 18.3 Å². The van der Waals surface area contributed by atoms with Crippen molar-refractivity contribution in [1.82, 2.24) is 15.0 Å². The number of hydrogen-bond donors (Lipinski definition) is 0. The Bertz CT molecular complexity index is 594. The molecule has 1 aromatic heterocycles. The van der Waals surface area contributed by atoms with Crippen LogP contribution in [0.4, 0.5) is 26.1 Å². The first kappa shape index (κ1) is 17.7. The molecule has 2 aromatic rings. The van der Waals surface area contributed by atoms with Crippen LogP contribution in [0.3, 0.4) is 0 Å². The molecule has 0 atom stereocenters. The third-order valence-corrected chi connectivity index (χ3v) is 2.28. The summed E-state index contributed by atoms with van der Waals surface area (Å²) in [5, 5.41) is 6.06. The van der Waals surface area contributed by atoms with E-state index in [1.165, 1.54) is 6.07 Å². The molecule has 0 saturated heterocycles. The van der Waals surface area contributed by atoms with Gasteiger partial charge < -0.3 is 12.9 Å². The van der Waals surface area contributed by atoms with Crippen LogP contribution in [0.5, 0.6) is 0 Å². The molecule has 3 nitrogen and oxygen atoms in total. The van der Waals surface area contributed by atoms with Gasteiger partial charge in [-0.15, -0.1) is 0 Å². The van der Waals surface area contributed by atoms with Gasteiger partial charge in [0.2, 0.25) is 0 Å². The third-order valence-electron chi connectivity index (χ3n) is 2.28. The minimum atomic E-state index is -5.33. The first-order valence-electron chi connectivity index (χ1n) is 4.98. The van der Waals surface area contributed by atoms with E-state index in [9.17, 15) is 26.1 Å². The van der Waals surface area contributed by atoms with Crippen molar-refractivity contribution in [1.29, 1.82) is 0 Å². The Morgan fingerprint density at radius 3 is 2.25 bits per heavy atom. The quantitative estimate of drug-likeness (QED) is 0.544. The molecule has 11 heteroatoms. The number of alkyl halides is 3. The van der Waals surface area contributed by atoms with E-state index in [-0.39, 0.29) is 57.1 Å². The summed E-state index contributed by atoms with van der Waals surface area (Å²) in [4.78, 5) is 0. The fraction of sp³-hybridized carbons (Fsp3) is 0.111. The number of halogens is 6. The molecule has 0 aliphatic heterocycles. The number of benzene rings is 1. The number of nitrogens with zero attached hydrogens (tertiary/aromatic N) is 3. The average molecular weight is 319 g/mol. The van der Waals surface area contributed by atoms with E-state index in [4.69, 9.17) is 0 Å². The van der Waals surface area contributed by atoms with E-state index in [0.717, 1.165) is 12.1 Å². The Morgan fingerprint density at radius 1 is 1.10 bits per heavy atom. The predicted molar refractivity (Wildman–Crippen MR) is 55.1 cm³/mol. The second-order valence-electron chi connectivity index (χ2n) is 3.71. The van der Waals surface area contributed by atoms with Crippen LogP contribution >= 0.6 is 0 Å². The molecule has 1 aromatic carbocycles. The fourth-order valence-corrected chi connectivity index (χ4v) is 1.38. The molecule has 2 rings (SSSR count). The van der Waals surface area contributed by atoms with Crippen molar-refractivity contribution < 1.29 is 77.5 Å². The molecule has 0 radical (unpaired) electrons. The summed E-state index contributed by atoms with van der Waals surface area (Å²) in [6, 6.07) is 3.80. The summed E-state index contributed by atoms with van der Waals surface area (Å²) in [5.74, 6) is 0. The minimum absolute atomic E-state index is 0. The maximum atomic E-state index is 12.5. The number of hydrogen-bond acceptors (Lipinski definition) is 2. The molecular weight excluding hydrogens is 314 g/mol. The largest absolute Gasteiger partial charge is 1.00 e. The number of rotatable bonds is 2.